The number of hydrogen-bond acceptors (Lipinski definition) is 2. The first kappa shape index (κ1) is 16.9. The molecule has 0 aliphatic heterocycles. The SMILES string of the molecule is CCCCN(C)S(=O)(=O)NCCc1c[nH]c2ccc(F)cc12. The predicted octanol–water partition coefficient (Wildman–Crippen LogP) is 2.42. The molecule has 2 aromatic rings. The van der Waals surface area contributed by atoms with E-state index in [1.165, 1.54) is 16.4 Å². The summed E-state index contributed by atoms with van der Waals surface area (Å²) in [5, 5.41) is 0.790. The lowest BCUT2D eigenvalue weighted by Crippen LogP contribution is -2.39. The number of fused-ring (bicyclic) bond motifs is 1. The second kappa shape index (κ2) is 7.21. The monoisotopic (exact) mass is 327 g/mol. The lowest BCUT2D eigenvalue weighted by molar-refractivity contribution is 0.449. The minimum atomic E-state index is -3.45. The largest absolute Gasteiger partial charge is 0.361 e. The van der Waals surface area contributed by atoms with E-state index in [-0.39, 0.29) is 12.4 Å². The van der Waals surface area contributed by atoms with Crippen LogP contribution >= 0.6 is 0 Å². The molecular formula is C15H22FN3O2S. The summed E-state index contributed by atoms with van der Waals surface area (Å²) in [6.07, 6.45) is 4.07. The van der Waals surface area contributed by atoms with Gasteiger partial charge in [0.25, 0.3) is 10.2 Å². The number of H-pyrrole nitrogens is 1. The number of benzene rings is 1. The number of unbranched alkanes of at least 4 members (excludes halogenated alkanes) is 1. The van der Waals surface area contributed by atoms with Gasteiger partial charge in [-0.1, -0.05) is 13.3 Å². The number of halogens is 1. The van der Waals surface area contributed by atoms with Crippen molar-refractivity contribution in [1.29, 1.82) is 0 Å². The fraction of sp³-hybridized carbons (Fsp3) is 0.467. The number of hydrogen-bond donors (Lipinski definition) is 2. The maximum Gasteiger partial charge on any atom is 0.279 e. The van der Waals surface area contributed by atoms with Crippen molar-refractivity contribution in [2.24, 2.45) is 0 Å². The summed E-state index contributed by atoms with van der Waals surface area (Å²) < 4.78 is 41.3. The van der Waals surface area contributed by atoms with Crippen LogP contribution in [0.1, 0.15) is 25.3 Å². The van der Waals surface area contributed by atoms with E-state index in [0.717, 1.165) is 29.3 Å². The summed E-state index contributed by atoms with van der Waals surface area (Å²) >= 11 is 0. The van der Waals surface area contributed by atoms with Gasteiger partial charge in [0.05, 0.1) is 0 Å². The lowest BCUT2D eigenvalue weighted by Gasteiger charge is -2.17. The van der Waals surface area contributed by atoms with Crippen LogP contribution in [-0.2, 0) is 16.6 Å². The second-order valence-electron chi connectivity index (χ2n) is 5.33. The average Bonchev–Trinajstić information content (AvgIpc) is 2.87. The van der Waals surface area contributed by atoms with Crippen LogP contribution in [0.5, 0.6) is 0 Å². The van der Waals surface area contributed by atoms with E-state index in [1.807, 2.05) is 6.92 Å². The van der Waals surface area contributed by atoms with Gasteiger partial charge in [0, 0.05) is 37.2 Å². The quantitative estimate of drug-likeness (QED) is 0.782. The average molecular weight is 327 g/mol. The van der Waals surface area contributed by atoms with Gasteiger partial charge in [0.1, 0.15) is 5.82 Å². The van der Waals surface area contributed by atoms with Crippen LogP contribution in [0.4, 0.5) is 4.39 Å². The van der Waals surface area contributed by atoms with Crippen molar-refractivity contribution in [3.8, 4) is 0 Å². The van der Waals surface area contributed by atoms with Gasteiger partial charge in [0.2, 0.25) is 0 Å². The Morgan fingerprint density at radius 2 is 2.14 bits per heavy atom. The van der Waals surface area contributed by atoms with Crippen molar-refractivity contribution >= 4 is 21.1 Å². The lowest BCUT2D eigenvalue weighted by atomic mass is 10.1. The van der Waals surface area contributed by atoms with Crippen LogP contribution in [0.15, 0.2) is 24.4 Å². The van der Waals surface area contributed by atoms with Crippen molar-refractivity contribution < 1.29 is 12.8 Å². The minimum absolute atomic E-state index is 0.280. The molecule has 0 bridgehead atoms. The predicted molar refractivity (Wildman–Crippen MR) is 86.4 cm³/mol. The Hall–Kier alpha value is -1.44. The third-order valence-electron chi connectivity index (χ3n) is 3.65. The zero-order valence-electron chi connectivity index (χ0n) is 12.9. The molecular weight excluding hydrogens is 305 g/mol. The van der Waals surface area contributed by atoms with Gasteiger partial charge in [-0.3, -0.25) is 0 Å². The third-order valence-corrected chi connectivity index (χ3v) is 5.22. The van der Waals surface area contributed by atoms with Crippen molar-refractivity contribution in [3.63, 3.8) is 0 Å². The van der Waals surface area contributed by atoms with Crippen LogP contribution < -0.4 is 4.72 Å². The molecule has 0 saturated carbocycles. The Balaban J connectivity index is 1.96. The molecule has 0 aliphatic rings. The maximum atomic E-state index is 13.3. The van der Waals surface area contributed by atoms with Crippen LogP contribution in [0.2, 0.25) is 0 Å². The first-order chi connectivity index (χ1) is 10.4. The zero-order chi connectivity index (χ0) is 16.2. The molecule has 0 saturated heterocycles. The first-order valence-electron chi connectivity index (χ1n) is 7.40. The topological polar surface area (TPSA) is 65.2 Å². The number of aromatic nitrogens is 1. The normalized spacial score (nSPS) is 12.4. The molecule has 7 heteroatoms. The van der Waals surface area contributed by atoms with Crippen LogP contribution in [0.3, 0.4) is 0 Å². The molecule has 0 unspecified atom stereocenters. The highest BCUT2D eigenvalue weighted by molar-refractivity contribution is 7.87. The summed E-state index contributed by atoms with van der Waals surface area (Å²) in [6, 6.07) is 4.54. The van der Waals surface area contributed by atoms with Gasteiger partial charge in [-0.25, -0.2) is 9.11 Å². The van der Waals surface area contributed by atoms with E-state index in [2.05, 4.69) is 9.71 Å². The summed E-state index contributed by atoms with van der Waals surface area (Å²) in [5.41, 5.74) is 1.74. The van der Waals surface area contributed by atoms with Gasteiger partial charge in [-0.15, -0.1) is 0 Å². The Bertz CT molecular complexity index is 727. The van der Waals surface area contributed by atoms with Gasteiger partial charge in [0.15, 0.2) is 0 Å². The molecule has 5 nitrogen and oxygen atoms in total. The highest BCUT2D eigenvalue weighted by atomic mass is 32.2. The molecule has 22 heavy (non-hydrogen) atoms. The summed E-state index contributed by atoms with van der Waals surface area (Å²) in [4.78, 5) is 3.06. The van der Waals surface area contributed by atoms with E-state index in [9.17, 15) is 12.8 Å². The van der Waals surface area contributed by atoms with Gasteiger partial charge in [-0.05, 0) is 36.6 Å². The van der Waals surface area contributed by atoms with Crippen molar-refractivity contribution in [1.82, 2.24) is 14.0 Å². The molecule has 0 radical (unpaired) electrons. The molecule has 0 amide bonds. The van der Waals surface area contributed by atoms with Crippen LogP contribution in [0.25, 0.3) is 10.9 Å². The molecule has 0 fully saturated rings. The molecule has 2 N–H and O–H groups in total. The van der Waals surface area contributed by atoms with E-state index >= 15 is 0 Å². The second-order valence-corrected chi connectivity index (χ2v) is 7.19. The van der Waals surface area contributed by atoms with Crippen molar-refractivity contribution in [3.05, 3.63) is 35.8 Å². The Morgan fingerprint density at radius 3 is 2.86 bits per heavy atom. The minimum Gasteiger partial charge on any atom is -0.361 e. The summed E-state index contributed by atoms with van der Waals surface area (Å²) in [7, 11) is -1.88. The first-order valence-corrected chi connectivity index (χ1v) is 8.84. The Morgan fingerprint density at radius 1 is 1.36 bits per heavy atom. The highest BCUT2D eigenvalue weighted by Gasteiger charge is 2.16. The number of nitrogens with one attached hydrogen (secondary N) is 2. The maximum absolute atomic E-state index is 13.3. The Labute approximate surface area is 130 Å². The molecule has 122 valence electrons. The fourth-order valence-corrected chi connectivity index (χ4v) is 3.23. The van der Waals surface area contributed by atoms with Crippen molar-refractivity contribution in [2.75, 3.05) is 20.1 Å². The molecule has 1 aromatic heterocycles. The molecule has 1 heterocycles. The van der Waals surface area contributed by atoms with Crippen molar-refractivity contribution in [2.45, 2.75) is 26.2 Å². The Kier molecular flexibility index (Phi) is 5.55. The molecule has 0 aliphatic carbocycles. The smallest absolute Gasteiger partial charge is 0.279 e. The summed E-state index contributed by atoms with van der Waals surface area (Å²) in [6.45, 7) is 2.80. The van der Waals surface area contributed by atoms with E-state index in [4.69, 9.17) is 0 Å². The zero-order valence-corrected chi connectivity index (χ0v) is 13.7. The third kappa shape index (κ3) is 4.06. The molecule has 2 rings (SSSR count). The van der Waals surface area contributed by atoms with Crippen LogP contribution in [-0.4, -0.2) is 37.8 Å². The standard InChI is InChI=1S/C15H22FN3O2S/c1-3-4-9-19(2)22(20,21)18-8-7-12-11-17-15-6-5-13(16)10-14(12)15/h5-6,10-11,17-18H,3-4,7-9H2,1-2H3. The number of aromatic amines is 1. The van der Waals surface area contributed by atoms with Gasteiger partial charge >= 0.3 is 0 Å². The fourth-order valence-electron chi connectivity index (χ4n) is 2.28. The molecule has 0 atom stereocenters. The van der Waals surface area contributed by atoms with E-state index < -0.39 is 10.2 Å². The molecule has 1 aromatic carbocycles. The molecule has 0 spiro atoms. The highest BCUT2D eigenvalue weighted by Crippen LogP contribution is 2.19. The summed E-state index contributed by atoms with van der Waals surface area (Å²) in [5.74, 6) is -0.298. The number of nitrogens with zero attached hydrogens (tertiary/aromatic N) is 1. The van der Waals surface area contributed by atoms with E-state index in [1.54, 1.807) is 19.3 Å². The van der Waals surface area contributed by atoms with Gasteiger partial charge < -0.3 is 4.98 Å². The van der Waals surface area contributed by atoms with E-state index in [0.29, 0.717) is 13.0 Å². The van der Waals surface area contributed by atoms with Crippen LogP contribution in [0, 0.1) is 5.82 Å². The number of rotatable bonds is 8. The van der Waals surface area contributed by atoms with Gasteiger partial charge in [-0.2, -0.15) is 12.7 Å².